The molecule has 0 amide bonds. The van der Waals surface area contributed by atoms with E-state index in [0.717, 1.165) is 5.56 Å². The Morgan fingerprint density at radius 2 is 1.87 bits per heavy atom. The summed E-state index contributed by atoms with van der Waals surface area (Å²) in [6.07, 6.45) is 0.658. The van der Waals surface area contributed by atoms with Crippen LogP contribution in [-0.2, 0) is 5.60 Å². The fourth-order valence-corrected chi connectivity index (χ4v) is 1.88. The van der Waals surface area contributed by atoms with Crippen LogP contribution in [0.5, 0.6) is 0 Å². The molecule has 0 aliphatic heterocycles. The Hall–Kier alpha value is -0.570. The zero-order valence-corrected chi connectivity index (χ0v) is 9.96. The second-order valence-electron chi connectivity index (χ2n) is 4.34. The highest BCUT2D eigenvalue weighted by atomic mass is 35.5. The van der Waals surface area contributed by atoms with Gasteiger partial charge in [0.1, 0.15) is 5.60 Å². The molecule has 0 fully saturated rings. The number of benzene rings is 1. The lowest BCUT2D eigenvalue weighted by atomic mass is 9.86. The first-order valence-electron chi connectivity index (χ1n) is 5.16. The maximum atomic E-state index is 10.4. The van der Waals surface area contributed by atoms with Gasteiger partial charge in [0.05, 0.1) is 0 Å². The van der Waals surface area contributed by atoms with Crippen molar-refractivity contribution in [3.8, 4) is 0 Å². The summed E-state index contributed by atoms with van der Waals surface area (Å²) in [4.78, 5) is 0. The van der Waals surface area contributed by atoms with Crippen LogP contribution in [0, 0.1) is 5.92 Å². The van der Waals surface area contributed by atoms with Crippen LogP contribution in [0.2, 0.25) is 5.02 Å². The van der Waals surface area contributed by atoms with Gasteiger partial charge in [0.2, 0.25) is 0 Å². The minimum Gasteiger partial charge on any atom is -0.384 e. The van der Waals surface area contributed by atoms with E-state index in [1.165, 1.54) is 0 Å². The average Bonchev–Trinajstić information content (AvgIpc) is 2.17. The standard InChI is InChI=1S/C12H18ClNO/c1-9(2)7-12(15,8-14)10-3-5-11(13)6-4-10/h3-6,9,15H,7-8,14H2,1-2H3. The second kappa shape index (κ2) is 4.97. The lowest BCUT2D eigenvalue weighted by Gasteiger charge is -2.29. The highest BCUT2D eigenvalue weighted by Gasteiger charge is 2.28. The number of aliphatic hydroxyl groups is 1. The predicted octanol–water partition coefficient (Wildman–Crippen LogP) is 2.53. The third kappa shape index (κ3) is 3.20. The summed E-state index contributed by atoms with van der Waals surface area (Å²) in [6.45, 7) is 4.36. The predicted molar refractivity (Wildman–Crippen MR) is 63.9 cm³/mol. The normalized spacial score (nSPS) is 15.3. The van der Waals surface area contributed by atoms with Gasteiger partial charge in [0.25, 0.3) is 0 Å². The first-order chi connectivity index (χ1) is 6.98. The molecule has 0 spiro atoms. The summed E-state index contributed by atoms with van der Waals surface area (Å²) in [6, 6.07) is 7.21. The molecule has 1 atom stereocenters. The van der Waals surface area contributed by atoms with Gasteiger partial charge in [-0.15, -0.1) is 0 Å². The van der Waals surface area contributed by atoms with Crippen LogP contribution < -0.4 is 5.73 Å². The van der Waals surface area contributed by atoms with Gasteiger partial charge >= 0.3 is 0 Å². The molecule has 3 heteroatoms. The average molecular weight is 228 g/mol. The van der Waals surface area contributed by atoms with Gasteiger partial charge in [-0.3, -0.25) is 0 Å². The molecule has 0 bridgehead atoms. The number of halogens is 1. The van der Waals surface area contributed by atoms with Gasteiger partial charge in [-0.1, -0.05) is 37.6 Å². The summed E-state index contributed by atoms with van der Waals surface area (Å²) in [7, 11) is 0. The SMILES string of the molecule is CC(C)CC(O)(CN)c1ccc(Cl)cc1. The van der Waals surface area contributed by atoms with E-state index in [1.54, 1.807) is 12.1 Å². The Morgan fingerprint density at radius 1 is 1.33 bits per heavy atom. The third-order valence-corrected chi connectivity index (χ3v) is 2.72. The fraction of sp³-hybridized carbons (Fsp3) is 0.500. The summed E-state index contributed by atoms with van der Waals surface area (Å²) < 4.78 is 0. The molecule has 1 unspecified atom stereocenters. The molecule has 0 heterocycles. The van der Waals surface area contributed by atoms with Crippen LogP contribution in [0.15, 0.2) is 24.3 Å². The largest absolute Gasteiger partial charge is 0.384 e. The van der Waals surface area contributed by atoms with Crippen LogP contribution >= 0.6 is 11.6 Å². The Morgan fingerprint density at radius 3 is 2.27 bits per heavy atom. The van der Waals surface area contributed by atoms with Gasteiger partial charge in [0.15, 0.2) is 0 Å². The van der Waals surface area contributed by atoms with E-state index in [2.05, 4.69) is 13.8 Å². The smallest absolute Gasteiger partial charge is 0.102 e. The number of rotatable bonds is 4. The van der Waals surface area contributed by atoms with E-state index in [4.69, 9.17) is 17.3 Å². The van der Waals surface area contributed by atoms with E-state index in [1.807, 2.05) is 12.1 Å². The summed E-state index contributed by atoms with van der Waals surface area (Å²) in [5.74, 6) is 0.397. The van der Waals surface area contributed by atoms with Gasteiger partial charge < -0.3 is 10.8 Å². The molecule has 0 radical (unpaired) electrons. The van der Waals surface area contributed by atoms with Crippen molar-refractivity contribution in [2.45, 2.75) is 25.9 Å². The van der Waals surface area contributed by atoms with Gasteiger partial charge in [-0.2, -0.15) is 0 Å². The van der Waals surface area contributed by atoms with Crippen LogP contribution in [0.1, 0.15) is 25.8 Å². The quantitative estimate of drug-likeness (QED) is 0.831. The highest BCUT2D eigenvalue weighted by molar-refractivity contribution is 6.30. The molecule has 1 aromatic carbocycles. The van der Waals surface area contributed by atoms with Crippen LogP contribution in [0.25, 0.3) is 0 Å². The van der Waals surface area contributed by atoms with E-state index in [0.29, 0.717) is 17.4 Å². The number of nitrogens with two attached hydrogens (primary N) is 1. The number of hydrogen-bond donors (Lipinski definition) is 2. The molecule has 0 aliphatic rings. The first-order valence-corrected chi connectivity index (χ1v) is 5.54. The summed E-state index contributed by atoms with van der Waals surface area (Å²) >= 11 is 5.80. The molecular formula is C12H18ClNO. The van der Waals surface area contributed by atoms with Crippen molar-refractivity contribution in [2.75, 3.05) is 6.54 Å². The molecule has 3 N–H and O–H groups in total. The maximum Gasteiger partial charge on any atom is 0.102 e. The molecule has 15 heavy (non-hydrogen) atoms. The van der Waals surface area contributed by atoms with E-state index >= 15 is 0 Å². The zero-order valence-electron chi connectivity index (χ0n) is 9.20. The maximum absolute atomic E-state index is 10.4. The molecule has 1 aromatic rings. The Balaban J connectivity index is 2.95. The van der Waals surface area contributed by atoms with Crippen molar-refractivity contribution < 1.29 is 5.11 Å². The van der Waals surface area contributed by atoms with Crippen molar-refractivity contribution in [2.24, 2.45) is 11.7 Å². The molecule has 0 saturated carbocycles. The van der Waals surface area contributed by atoms with E-state index < -0.39 is 5.60 Å². The van der Waals surface area contributed by atoms with Crippen molar-refractivity contribution in [1.82, 2.24) is 0 Å². The zero-order chi connectivity index (χ0) is 11.5. The Bertz CT molecular complexity index is 310. The lowest BCUT2D eigenvalue weighted by Crippen LogP contribution is -2.36. The Labute approximate surface area is 96.1 Å². The molecule has 0 aromatic heterocycles. The third-order valence-electron chi connectivity index (χ3n) is 2.47. The van der Waals surface area contributed by atoms with Crippen LogP contribution in [0.4, 0.5) is 0 Å². The lowest BCUT2D eigenvalue weighted by molar-refractivity contribution is 0.0243. The molecule has 84 valence electrons. The minimum absolute atomic E-state index is 0.229. The molecule has 0 aliphatic carbocycles. The van der Waals surface area contributed by atoms with Crippen molar-refractivity contribution in [3.63, 3.8) is 0 Å². The van der Waals surface area contributed by atoms with Crippen LogP contribution in [0.3, 0.4) is 0 Å². The van der Waals surface area contributed by atoms with Crippen molar-refractivity contribution in [1.29, 1.82) is 0 Å². The van der Waals surface area contributed by atoms with E-state index in [-0.39, 0.29) is 6.54 Å². The number of hydrogen-bond acceptors (Lipinski definition) is 2. The summed E-state index contributed by atoms with van der Waals surface area (Å²) in [5, 5.41) is 11.1. The van der Waals surface area contributed by atoms with Crippen molar-refractivity contribution >= 4 is 11.6 Å². The second-order valence-corrected chi connectivity index (χ2v) is 4.78. The first kappa shape index (κ1) is 12.5. The van der Waals surface area contributed by atoms with Crippen molar-refractivity contribution in [3.05, 3.63) is 34.9 Å². The molecule has 2 nitrogen and oxygen atoms in total. The van der Waals surface area contributed by atoms with E-state index in [9.17, 15) is 5.11 Å². The molecule has 0 saturated heterocycles. The Kier molecular flexibility index (Phi) is 4.14. The fourth-order valence-electron chi connectivity index (χ4n) is 1.75. The van der Waals surface area contributed by atoms with Gasteiger partial charge in [-0.05, 0) is 30.0 Å². The monoisotopic (exact) mass is 227 g/mol. The minimum atomic E-state index is -0.932. The summed E-state index contributed by atoms with van der Waals surface area (Å²) in [5.41, 5.74) is 5.55. The molecule has 1 rings (SSSR count). The molecular weight excluding hydrogens is 210 g/mol. The topological polar surface area (TPSA) is 46.2 Å². The van der Waals surface area contributed by atoms with Gasteiger partial charge in [-0.25, -0.2) is 0 Å². The highest BCUT2D eigenvalue weighted by Crippen LogP contribution is 2.28. The van der Waals surface area contributed by atoms with Gasteiger partial charge in [0, 0.05) is 11.6 Å². The van der Waals surface area contributed by atoms with Crippen LogP contribution in [-0.4, -0.2) is 11.7 Å².